The molecule has 1 aliphatic carbocycles. The largest absolute Gasteiger partial charge is 0.326 e. The Kier molecular flexibility index (Phi) is 4.88. The van der Waals surface area contributed by atoms with Crippen molar-refractivity contribution in [3.63, 3.8) is 0 Å². The standard InChI is InChI=1S/C11H20N4O2S2/c1-2-18-10-5-3-4-9(10)15-19(16,17)11-8(6-12)7-13-14-11/h7,9-10,15H,2-6,12H2,1H3,(H,13,14). The van der Waals surface area contributed by atoms with Gasteiger partial charge in [0.25, 0.3) is 10.0 Å². The second-order valence-corrected chi connectivity index (χ2v) is 7.75. The van der Waals surface area contributed by atoms with Gasteiger partial charge in [-0.05, 0) is 18.6 Å². The summed E-state index contributed by atoms with van der Waals surface area (Å²) in [4.78, 5) is 0. The van der Waals surface area contributed by atoms with Crippen LogP contribution in [0, 0.1) is 0 Å². The van der Waals surface area contributed by atoms with E-state index in [1.54, 1.807) is 0 Å². The summed E-state index contributed by atoms with van der Waals surface area (Å²) in [5.41, 5.74) is 6.04. The maximum absolute atomic E-state index is 12.3. The van der Waals surface area contributed by atoms with Crippen LogP contribution in [-0.2, 0) is 16.6 Å². The second-order valence-electron chi connectivity index (χ2n) is 4.58. The molecular formula is C11H20N4O2S2. The lowest BCUT2D eigenvalue weighted by molar-refractivity contribution is 0.550. The third-order valence-electron chi connectivity index (χ3n) is 3.31. The minimum absolute atomic E-state index is 0.00359. The molecule has 2 atom stereocenters. The molecule has 1 fully saturated rings. The molecule has 108 valence electrons. The minimum Gasteiger partial charge on any atom is -0.326 e. The molecule has 1 heterocycles. The van der Waals surface area contributed by atoms with Crippen LogP contribution in [0.25, 0.3) is 0 Å². The monoisotopic (exact) mass is 304 g/mol. The van der Waals surface area contributed by atoms with Crippen LogP contribution < -0.4 is 10.5 Å². The van der Waals surface area contributed by atoms with Gasteiger partial charge in [-0.25, -0.2) is 13.1 Å². The Bertz CT molecular complexity index is 515. The van der Waals surface area contributed by atoms with Gasteiger partial charge in [0, 0.05) is 23.4 Å². The zero-order valence-corrected chi connectivity index (χ0v) is 12.6. The van der Waals surface area contributed by atoms with Crippen LogP contribution in [0.3, 0.4) is 0 Å². The van der Waals surface area contributed by atoms with Gasteiger partial charge in [0.05, 0.1) is 6.20 Å². The van der Waals surface area contributed by atoms with E-state index in [0.717, 1.165) is 25.0 Å². The smallest absolute Gasteiger partial charge is 0.258 e. The molecule has 0 aromatic carbocycles. The van der Waals surface area contributed by atoms with Gasteiger partial charge in [0.15, 0.2) is 5.03 Å². The van der Waals surface area contributed by atoms with Gasteiger partial charge in [-0.3, -0.25) is 5.10 Å². The molecule has 1 aromatic heterocycles. The van der Waals surface area contributed by atoms with Gasteiger partial charge >= 0.3 is 0 Å². The molecule has 1 aliphatic rings. The summed E-state index contributed by atoms with van der Waals surface area (Å²) >= 11 is 1.82. The topological polar surface area (TPSA) is 101 Å². The Hall–Kier alpha value is -0.570. The summed E-state index contributed by atoms with van der Waals surface area (Å²) in [7, 11) is -3.56. The van der Waals surface area contributed by atoms with Crippen LogP contribution in [0.1, 0.15) is 31.7 Å². The molecule has 1 aromatic rings. The number of thioether (sulfide) groups is 1. The van der Waals surface area contributed by atoms with Crippen LogP contribution in [0.5, 0.6) is 0 Å². The fourth-order valence-corrected chi connectivity index (χ4v) is 5.15. The van der Waals surface area contributed by atoms with Crippen LogP contribution in [-0.4, -0.2) is 35.7 Å². The lowest BCUT2D eigenvalue weighted by Crippen LogP contribution is -2.39. The highest BCUT2D eigenvalue weighted by atomic mass is 32.2. The SMILES string of the molecule is CCSC1CCCC1NS(=O)(=O)c1[nH]ncc1CN. The third kappa shape index (κ3) is 3.31. The van der Waals surface area contributed by atoms with Crippen LogP contribution in [0.4, 0.5) is 0 Å². The summed E-state index contributed by atoms with van der Waals surface area (Å²) in [6, 6.07) is 0.00359. The molecule has 0 spiro atoms. The number of H-pyrrole nitrogens is 1. The summed E-state index contributed by atoms with van der Waals surface area (Å²) in [6.07, 6.45) is 4.49. The lowest BCUT2D eigenvalue weighted by Gasteiger charge is -2.19. The summed E-state index contributed by atoms with van der Waals surface area (Å²) in [5.74, 6) is 1.00. The van der Waals surface area contributed by atoms with E-state index in [2.05, 4.69) is 21.8 Å². The number of nitrogens with one attached hydrogen (secondary N) is 2. The number of nitrogens with two attached hydrogens (primary N) is 1. The Morgan fingerprint density at radius 2 is 2.37 bits per heavy atom. The van der Waals surface area contributed by atoms with Crippen molar-refractivity contribution in [3.05, 3.63) is 11.8 Å². The van der Waals surface area contributed by atoms with E-state index in [1.165, 1.54) is 6.20 Å². The van der Waals surface area contributed by atoms with Gasteiger partial charge < -0.3 is 5.73 Å². The van der Waals surface area contributed by atoms with Crippen molar-refractivity contribution >= 4 is 21.8 Å². The molecule has 2 unspecified atom stereocenters. The van der Waals surface area contributed by atoms with Crippen molar-refractivity contribution < 1.29 is 8.42 Å². The highest BCUT2D eigenvalue weighted by Gasteiger charge is 2.32. The molecule has 0 aliphatic heterocycles. The summed E-state index contributed by atoms with van der Waals surface area (Å²) in [6.45, 7) is 2.25. The Balaban J connectivity index is 2.13. The first-order chi connectivity index (χ1) is 9.08. The molecule has 2 rings (SSSR count). The van der Waals surface area contributed by atoms with E-state index in [4.69, 9.17) is 5.73 Å². The van der Waals surface area contributed by atoms with Gasteiger partial charge in [-0.2, -0.15) is 16.9 Å². The van der Waals surface area contributed by atoms with Crippen molar-refractivity contribution in [2.45, 2.75) is 49.0 Å². The zero-order valence-electron chi connectivity index (χ0n) is 10.9. The quantitative estimate of drug-likeness (QED) is 0.722. The molecular weight excluding hydrogens is 284 g/mol. The molecule has 1 saturated carbocycles. The van der Waals surface area contributed by atoms with Gasteiger partial charge in [0.2, 0.25) is 0 Å². The number of rotatable bonds is 6. The normalized spacial score (nSPS) is 23.9. The van der Waals surface area contributed by atoms with Crippen LogP contribution >= 0.6 is 11.8 Å². The van der Waals surface area contributed by atoms with Crippen molar-refractivity contribution in [1.82, 2.24) is 14.9 Å². The number of hydrogen-bond donors (Lipinski definition) is 3. The highest BCUT2D eigenvalue weighted by molar-refractivity contribution is 8.00. The van der Waals surface area contributed by atoms with E-state index in [0.29, 0.717) is 10.8 Å². The van der Waals surface area contributed by atoms with E-state index < -0.39 is 10.0 Å². The van der Waals surface area contributed by atoms with Gasteiger partial charge in [-0.15, -0.1) is 0 Å². The Morgan fingerprint density at radius 3 is 3.05 bits per heavy atom. The molecule has 0 bridgehead atoms. The molecule has 0 radical (unpaired) electrons. The Labute approximate surface area is 118 Å². The first-order valence-electron chi connectivity index (χ1n) is 6.44. The molecule has 4 N–H and O–H groups in total. The third-order valence-corrected chi connectivity index (χ3v) is 6.14. The lowest BCUT2D eigenvalue weighted by atomic mass is 10.3. The van der Waals surface area contributed by atoms with E-state index in [1.807, 2.05) is 11.8 Å². The number of nitrogens with zero attached hydrogens (tertiary/aromatic N) is 1. The van der Waals surface area contributed by atoms with Crippen molar-refractivity contribution in [1.29, 1.82) is 0 Å². The highest BCUT2D eigenvalue weighted by Crippen LogP contribution is 2.30. The summed E-state index contributed by atoms with van der Waals surface area (Å²) < 4.78 is 27.5. The van der Waals surface area contributed by atoms with Gasteiger partial charge in [-0.1, -0.05) is 13.3 Å². The second kappa shape index (κ2) is 6.25. The fraction of sp³-hybridized carbons (Fsp3) is 0.727. The number of hydrogen-bond acceptors (Lipinski definition) is 5. The van der Waals surface area contributed by atoms with E-state index in [9.17, 15) is 8.42 Å². The predicted molar refractivity (Wildman–Crippen MR) is 76.4 cm³/mol. The minimum atomic E-state index is -3.56. The maximum atomic E-state index is 12.3. The maximum Gasteiger partial charge on any atom is 0.258 e. The molecule has 19 heavy (non-hydrogen) atoms. The van der Waals surface area contributed by atoms with E-state index >= 15 is 0 Å². The van der Waals surface area contributed by atoms with Crippen molar-refractivity contribution in [2.24, 2.45) is 5.73 Å². The zero-order chi connectivity index (χ0) is 13.9. The average molecular weight is 304 g/mol. The van der Waals surface area contributed by atoms with Crippen LogP contribution in [0.15, 0.2) is 11.2 Å². The molecule has 0 amide bonds. The Morgan fingerprint density at radius 1 is 1.58 bits per heavy atom. The first kappa shape index (κ1) is 14.8. The fourth-order valence-electron chi connectivity index (χ4n) is 2.41. The average Bonchev–Trinajstić information content (AvgIpc) is 2.99. The van der Waals surface area contributed by atoms with Crippen molar-refractivity contribution in [2.75, 3.05) is 5.75 Å². The van der Waals surface area contributed by atoms with Gasteiger partial charge in [0.1, 0.15) is 0 Å². The number of aromatic amines is 1. The molecule has 0 saturated heterocycles. The number of sulfonamides is 1. The van der Waals surface area contributed by atoms with Crippen molar-refractivity contribution in [3.8, 4) is 0 Å². The molecule has 6 nitrogen and oxygen atoms in total. The summed E-state index contributed by atoms with van der Waals surface area (Å²) in [5, 5.41) is 6.75. The number of aromatic nitrogens is 2. The molecule has 8 heteroatoms. The first-order valence-corrected chi connectivity index (χ1v) is 8.98. The predicted octanol–water partition coefficient (Wildman–Crippen LogP) is 0.821. The van der Waals surface area contributed by atoms with Crippen LogP contribution in [0.2, 0.25) is 0 Å². The van der Waals surface area contributed by atoms with E-state index in [-0.39, 0.29) is 17.6 Å².